The Morgan fingerprint density at radius 3 is 2.33 bits per heavy atom. The molecule has 0 saturated carbocycles. The van der Waals surface area contributed by atoms with Gasteiger partial charge < -0.3 is 13.9 Å². The second kappa shape index (κ2) is 5.99. The van der Waals surface area contributed by atoms with Gasteiger partial charge in [-0.3, -0.25) is 9.36 Å². The molecule has 128 valence electrons. The van der Waals surface area contributed by atoms with E-state index in [1.165, 1.54) is 0 Å². The fraction of sp³-hybridized carbons (Fsp3) is 0.389. The standard InChI is InChI=1S/C18H22NO4P/c1-5-22-24(21,23-6-2)16-15-12-11-13-9-7-8-10-14(13)19(15)18(3,4)17(16)20/h7-12H,5-6H2,1-4H3. The van der Waals surface area contributed by atoms with Gasteiger partial charge in [0, 0.05) is 5.69 Å². The Labute approximate surface area is 142 Å². The number of para-hydroxylation sites is 1. The molecule has 0 amide bonds. The lowest BCUT2D eigenvalue weighted by molar-refractivity contribution is -0.118. The molecule has 0 atom stereocenters. The number of hydrogen-bond donors (Lipinski definition) is 0. The summed E-state index contributed by atoms with van der Waals surface area (Å²) in [6, 6.07) is 7.84. The second-order valence-corrected chi connectivity index (χ2v) is 8.14. The number of carbonyl (C=O) groups excluding carboxylic acids is 1. The summed E-state index contributed by atoms with van der Waals surface area (Å²) in [5, 5.41) is 0.155. The molecule has 0 aliphatic carbocycles. The van der Waals surface area contributed by atoms with Gasteiger partial charge in [0.05, 0.1) is 18.9 Å². The summed E-state index contributed by atoms with van der Waals surface area (Å²) in [6.07, 6.45) is 3.76. The first-order chi connectivity index (χ1) is 11.4. The van der Waals surface area contributed by atoms with Gasteiger partial charge in [-0.25, -0.2) is 0 Å². The lowest BCUT2D eigenvalue weighted by Crippen LogP contribution is -2.45. The SMILES string of the molecule is CCOP(=O)(OCC)C1=C2C=Cc3ccccc3N2C(C)(C)C1=O. The molecular weight excluding hydrogens is 325 g/mol. The average molecular weight is 347 g/mol. The number of allylic oxidation sites excluding steroid dienone is 1. The van der Waals surface area contributed by atoms with E-state index < -0.39 is 13.1 Å². The Kier molecular flexibility index (Phi) is 4.28. The third kappa shape index (κ3) is 2.39. The number of fused-ring (bicyclic) bond motifs is 3. The van der Waals surface area contributed by atoms with Crippen molar-refractivity contribution in [3.63, 3.8) is 0 Å². The van der Waals surface area contributed by atoms with Crippen LogP contribution in [0.15, 0.2) is 41.4 Å². The minimum absolute atomic E-state index is 0.155. The minimum Gasteiger partial charge on any atom is -0.327 e. The predicted octanol–water partition coefficient (Wildman–Crippen LogP) is 4.36. The number of rotatable bonds is 5. The molecule has 0 spiro atoms. The third-order valence-electron chi connectivity index (χ3n) is 4.28. The van der Waals surface area contributed by atoms with Gasteiger partial charge in [0.1, 0.15) is 10.9 Å². The highest BCUT2D eigenvalue weighted by Crippen LogP contribution is 2.62. The van der Waals surface area contributed by atoms with Crippen molar-refractivity contribution < 1.29 is 18.4 Å². The Balaban J connectivity index is 2.24. The number of ketones is 1. The number of carbonyl (C=O) groups is 1. The molecule has 24 heavy (non-hydrogen) atoms. The van der Waals surface area contributed by atoms with Crippen molar-refractivity contribution in [2.75, 3.05) is 18.1 Å². The van der Waals surface area contributed by atoms with Crippen LogP contribution in [-0.2, 0) is 18.4 Å². The molecule has 2 aliphatic rings. The van der Waals surface area contributed by atoms with Crippen molar-refractivity contribution >= 4 is 25.1 Å². The first-order valence-corrected chi connectivity index (χ1v) is 9.67. The highest BCUT2D eigenvalue weighted by molar-refractivity contribution is 7.60. The van der Waals surface area contributed by atoms with Gasteiger partial charge in [-0.1, -0.05) is 24.3 Å². The van der Waals surface area contributed by atoms with Gasteiger partial charge in [-0.2, -0.15) is 0 Å². The molecule has 2 heterocycles. The van der Waals surface area contributed by atoms with Crippen molar-refractivity contribution in [2.45, 2.75) is 33.2 Å². The van der Waals surface area contributed by atoms with E-state index in [0.29, 0.717) is 5.70 Å². The smallest absolute Gasteiger partial charge is 0.327 e. The maximum absolute atomic E-state index is 13.3. The summed E-state index contributed by atoms with van der Waals surface area (Å²) >= 11 is 0. The molecule has 2 aliphatic heterocycles. The zero-order valence-corrected chi connectivity index (χ0v) is 15.3. The Morgan fingerprint density at radius 1 is 1.08 bits per heavy atom. The minimum atomic E-state index is -3.67. The van der Waals surface area contributed by atoms with Crippen LogP contribution in [0.5, 0.6) is 0 Å². The Morgan fingerprint density at radius 2 is 1.71 bits per heavy atom. The van der Waals surface area contributed by atoms with E-state index in [4.69, 9.17) is 9.05 Å². The maximum atomic E-state index is 13.3. The molecule has 1 aromatic carbocycles. The number of benzene rings is 1. The fourth-order valence-electron chi connectivity index (χ4n) is 3.27. The molecule has 0 unspecified atom stereocenters. The van der Waals surface area contributed by atoms with Crippen molar-refractivity contribution in [1.82, 2.24) is 0 Å². The van der Waals surface area contributed by atoms with Crippen molar-refractivity contribution in [1.29, 1.82) is 0 Å². The second-order valence-electron chi connectivity index (χ2n) is 6.18. The first-order valence-electron chi connectivity index (χ1n) is 8.13. The summed E-state index contributed by atoms with van der Waals surface area (Å²) in [7, 11) is -3.67. The van der Waals surface area contributed by atoms with Crippen LogP contribution in [0.2, 0.25) is 0 Å². The van der Waals surface area contributed by atoms with Crippen LogP contribution in [-0.4, -0.2) is 24.5 Å². The molecule has 6 heteroatoms. The van der Waals surface area contributed by atoms with E-state index in [0.717, 1.165) is 11.3 Å². The molecule has 3 rings (SSSR count). The van der Waals surface area contributed by atoms with Crippen LogP contribution >= 0.6 is 7.60 Å². The number of hydrogen-bond acceptors (Lipinski definition) is 5. The summed E-state index contributed by atoms with van der Waals surface area (Å²) in [6.45, 7) is 7.57. The maximum Gasteiger partial charge on any atom is 0.367 e. The molecule has 5 nitrogen and oxygen atoms in total. The molecular formula is C18H22NO4P. The van der Waals surface area contributed by atoms with Crippen LogP contribution < -0.4 is 4.90 Å². The quantitative estimate of drug-likeness (QED) is 0.741. The van der Waals surface area contributed by atoms with Crippen molar-refractivity contribution in [3.8, 4) is 0 Å². The Bertz CT molecular complexity index is 784. The summed E-state index contributed by atoms with van der Waals surface area (Å²) in [5.74, 6) is -0.218. The van der Waals surface area contributed by atoms with E-state index in [2.05, 4.69) is 0 Å². The third-order valence-corrected chi connectivity index (χ3v) is 6.46. The highest BCUT2D eigenvalue weighted by Gasteiger charge is 2.54. The monoisotopic (exact) mass is 347 g/mol. The number of nitrogens with zero attached hydrogens (tertiary/aromatic N) is 1. The largest absolute Gasteiger partial charge is 0.367 e. The first kappa shape index (κ1) is 17.2. The number of Topliss-reactive ketones (excluding diaryl/α,β-unsaturated/α-hetero) is 1. The van der Waals surface area contributed by atoms with E-state index in [1.807, 2.05) is 55.2 Å². The normalized spacial score (nSPS) is 18.8. The topological polar surface area (TPSA) is 55.8 Å². The molecule has 0 saturated heterocycles. The van der Waals surface area contributed by atoms with Crippen LogP contribution in [0.1, 0.15) is 33.3 Å². The zero-order valence-electron chi connectivity index (χ0n) is 14.4. The highest BCUT2D eigenvalue weighted by atomic mass is 31.2. The van der Waals surface area contributed by atoms with E-state index in [-0.39, 0.29) is 24.3 Å². The van der Waals surface area contributed by atoms with Gasteiger partial charge in [0.15, 0.2) is 5.78 Å². The van der Waals surface area contributed by atoms with Crippen LogP contribution in [0.3, 0.4) is 0 Å². The predicted molar refractivity (Wildman–Crippen MR) is 94.9 cm³/mol. The van der Waals surface area contributed by atoms with E-state index in [1.54, 1.807) is 13.8 Å². The summed E-state index contributed by atoms with van der Waals surface area (Å²) < 4.78 is 24.2. The zero-order chi connectivity index (χ0) is 17.5. The summed E-state index contributed by atoms with van der Waals surface area (Å²) in [4.78, 5) is 15.1. The lowest BCUT2D eigenvalue weighted by atomic mass is 9.97. The van der Waals surface area contributed by atoms with Crippen molar-refractivity contribution in [3.05, 3.63) is 46.9 Å². The van der Waals surface area contributed by atoms with Crippen LogP contribution in [0, 0.1) is 0 Å². The van der Waals surface area contributed by atoms with Gasteiger partial charge in [0.25, 0.3) is 0 Å². The lowest BCUT2D eigenvalue weighted by Gasteiger charge is -2.36. The van der Waals surface area contributed by atoms with Gasteiger partial charge >= 0.3 is 7.60 Å². The summed E-state index contributed by atoms with van der Waals surface area (Å²) in [5.41, 5.74) is 1.69. The number of anilines is 1. The van der Waals surface area contributed by atoms with Crippen molar-refractivity contribution in [2.24, 2.45) is 0 Å². The fourth-order valence-corrected chi connectivity index (χ4v) is 5.26. The molecule has 0 fully saturated rings. The average Bonchev–Trinajstić information content (AvgIpc) is 2.75. The van der Waals surface area contributed by atoms with Crippen LogP contribution in [0.25, 0.3) is 6.08 Å². The van der Waals surface area contributed by atoms with Gasteiger partial charge in [0.2, 0.25) is 0 Å². The molecule has 0 radical (unpaired) electrons. The van der Waals surface area contributed by atoms with E-state index in [9.17, 15) is 9.36 Å². The van der Waals surface area contributed by atoms with Gasteiger partial charge in [-0.15, -0.1) is 0 Å². The molecule has 0 aromatic heterocycles. The van der Waals surface area contributed by atoms with E-state index >= 15 is 0 Å². The van der Waals surface area contributed by atoms with Gasteiger partial charge in [-0.05, 0) is 45.4 Å². The molecule has 1 aromatic rings. The molecule has 0 N–H and O–H groups in total. The van der Waals surface area contributed by atoms with Crippen LogP contribution in [0.4, 0.5) is 5.69 Å². The Hall–Kier alpha value is -1.68. The molecule has 0 bridgehead atoms.